The Kier molecular flexibility index (Phi) is 6.59. The first kappa shape index (κ1) is 19.4. The summed E-state index contributed by atoms with van der Waals surface area (Å²) in [4.78, 5) is 26.3. The summed E-state index contributed by atoms with van der Waals surface area (Å²) in [5.41, 5.74) is 1.98. The van der Waals surface area contributed by atoms with Crippen molar-refractivity contribution in [3.8, 4) is 0 Å². The van der Waals surface area contributed by atoms with Gasteiger partial charge in [-0.3, -0.25) is 14.5 Å². The fourth-order valence-electron chi connectivity index (χ4n) is 3.23. The maximum absolute atomic E-state index is 12.4. The second-order valence-electron chi connectivity index (χ2n) is 7.65. The summed E-state index contributed by atoms with van der Waals surface area (Å²) >= 11 is 0. The van der Waals surface area contributed by atoms with Gasteiger partial charge < -0.3 is 10.1 Å². The van der Waals surface area contributed by atoms with Crippen LogP contribution in [0.3, 0.4) is 0 Å². The molecule has 2 rings (SSSR count). The van der Waals surface area contributed by atoms with Gasteiger partial charge >= 0.3 is 5.97 Å². The molecule has 1 amide bonds. The van der Waals surface area contributed by atoms with Gasteiger partial charge in [0.1, 0.15) is 0 Å². The number of amides is 1. The van der Waals surface area contributed by atoms with Crippen LogP contribution in [0.2, 0.25) is 0 Å². The van der Waals surface area contributed by atoms with E-state index in [-0.39, 0.29) is 23.2 Å². The van der Waals surface area contributed by atoms with Crippen LogP contribution in [-0.2, 0) is 19.7 Å². The van der Waals surface area contributed by atoms with Crippen molar-refractivity contribution in [3.63, 3.8) is 0 Å². The molecule has 1 aliphatic heterocycles. The minimum atomic E-state index is -0.106. The van der Waals surface area contributed by atoms with Gasteiger partial charge in [0, 0.05) is 5.69 Å². The first-order valence-electron chi connectivity index (χ1n) is 9.09. The molecule has 5 nitrogen and oxygen atoms in total. The molecule has 0 aliphatic carbocycles. The number of rotatable bonds is 5. The van der Waals surface area contributed by atoms with Crippen LogP contribution in [0.15, 0.2) is 24.3 Å². The van der Waals surface area contributed by atoms with Gasteiger partial charge in [-0.25, -0.2) is 0 Å². The molecule has 0 radical (unpaired) electrons. The van der Waals surface area contributed by atoms with Crippen LogP contribution in [0, 0.1) is 5.92 Å². The monoisotopic (exact) mass is 346 g/mol. The summed E-state index contributed by atoms with van der Waals surface area (Å²) < 4.78 is 5.08. The van der Waals surface area contributed by atoms with Crippen LogP contribution >= 0.6 is 0 Å². The van der Waals surface area contributed by atoms with E-state index in [9.17, 15) is 9.59 Å². The van der Waals surface area contributed by atoms with Crippen molar-refractivity contribution in [2.24, 2.45) is 5.92 Å². The Labute approximate surface area is 150 Å². The Morgan fingerprint density at radius 3 is 2.44 bits per heavy atom. The van der Waals surface area contributed by atoms with E-state index < -0.39 is 0 Å². The van der Waals surface area contributed by atoms with Crippen molar-refractivity contribution in [2.75, 3.05) is 31.6 Å². The van der Waals surface area contributed by atoms with Gasteiger partial charge in [0.05, 0.1) is 19.1 Å². The number of carbonyl (C=O) groups excluding carboxylic acids is 2. The first-order valence-corrected chi connectivity index (χ1v) is 9.09. The van der Waals surface area contributed by atoms with Crippen LogP contribution in [-0.4, -0.2) is 43.0 Å². The summed E-state index contributed by atoms with van der Waals surface area (Å²) in [7, 11) is 0. The molecule has 0 unspecified atom stereocenters. The number of hydrogen-bond donors (Lipinski definition) is 1. The summed E-state index contributed by atoms with van der Waals surface area (Å²) in [6, 6.07) is 7.94. The number of likely N-dealkylation sites (tertiary alicyclic amines) is 1. The van der Waals surface area contributed by atoms with Crippen molar-refractivity contribution >= 4 is 17.6 Å². The van der Waals surface area contributed by atoms with E-state index in [1.165, 1.54) is 0 Å². The average Bonchev–Trinajstić information content (AvgIpc) is 2.55. The highest BCUT2D eigenvalue weighted by atomic mass is 16.5. The Morgan fingerprint density at radius 1 is 1.20 bits per heavy atom. The second kappa shape index (κ2) is 8.48. The highest BCUT2D eigenvalue weighted by molar-refractivity contribution is 5.93. The lowest BCUT2D eigenvalue weighted by Crippen LogP contribution is -2.41. The van der Waals surface area contributed by atoms with Crippen LogP contribution in [0.5, 0.6) is 0 Å². The van der Waals surface area contributed by atoms with Gasteiger partial charge in [0.15, 0.2) is 0 Å². The normalized spacial score (nSPS) is 16.5. The van der Waals surface area contributed by atoms with Crippen molar-refractivity contribution in [1.29, 1.82) is 0 Å². The summed E-state index contributed by atoms with van der Waals surface area (Å²) in [6.07, 6.45) is 1.51. The Bertz CT molecular complexity index is 599. The third kappa shape index (κ3) is 5.56. The van der Waals surface area contributed by atoms with Crippen molar-refractivity contribution in [2.45, 2.75) is 46.0 Å². The number of para-hydroxylation sites is 1. The molecule has 25 heavy (non-hydrogen) atoms. The van der Waals surface area contributed by atoms with E-state index in [4.69, 9.17) is 4.74 Å². The van der Waals surface area contributed by atoms with Gasteiger partial charge in [0.2, 0.25) is 5.91 Å². The van der Waals surface area contributed by atoms with E-state index in [1.807, 2.05) is 25.1 Å². The molecule has 1 saturated heterocycles. The summed E-state index contributed by atoms with van der Waals surface area (Å²) in [5, 5.41) is 3.05. The Morgan fingerprint density at radius 2 is 1.84 bits per heavy atom. The zero-order chi connectivity index (χ0) is 18.4. The quantitative estimate of drug-likeness (QED) is 0.832. The molecule has 5 heteroatoms. The number of benzene rings is 1. The number of nitrogens with zero attached hydrogens (tertiary/aromatic N) is 1. The van der Waals surface area contributed by atoms with E-state index in [0.29, 0.717) is 13.2 Å². The van der Waals surface area contributed by atoms with Gasteiger partial charge in [-0.05, 0) is 49.9 Å². The molecular weight excluding hydrogens is 316 g/mol. The molecule has 0 saturated carbocycles. The second-order valence-corrected chi connectivity index (χ2v) is 7.65. The highest BCUT2D eigenvalue weighted by Gasteiger charge is 2.27. The largest absolute Gasteiger partial charge is 0.466 e. The van der Waals surface area contributed by atoms with Crippen LogP contribution < -0.4 is 5.32 Å². The predicted octanol–water partition coefficient (Wildman–Crippen LogP) is 3.20. The topological polar surface area (TPSA) is 58.6 Å². The van der Waals surface area contributed by atoms with Gasteiger partial charge in [-0.2, -0.15) is 0 Å². The van der Waals surface area contributed by atoms with Crippen LogP contribution in [0.25, 0.3) is 0 Å². The number of anilines is 1. The van der Waals surface area contributed by atoms with E-state index >= 15 is 0 Å². The zero-order valence-electron chi connectivity index (χ0n) is 15.8. The molecule has 1 aromatic carbocycles. The number of nitrogens with one attached hydrogen (secondary N) is 1. The lowest BCUT2D eigenvalue weighted by molar-refractivity contribution is -0.149. The van der Waals surface area contributed by atoms with E-state index in [2.05, 4.69) is 37.1 Å². The van der Waals surface area contributed by atoms with E-state index in [0.717, 1.165) is 37.2 Å². The molecule has 1 aliphatic rings. The maximum Gasteiger partial charge on any atom is 0.309 e. The summed E-state index contributed by atoms with van der Waals surface area (Å²) in [5.74, 6) is -0.141. The molecule has 1 fully saturated rings. The molecule has 0 aromatic heterocycles. The molecule has 0 atom stereocenters. The lowest BCUT2D eigenvalue weighted by atomic mass is 9.86. The third-order valence-electron chi connectivity index (χ3n) is 4.58. The lowest BCUT2D eigenvalue weighted by Gasteiger charge is -2.30. The Hall–Kier alpha value is -1.88. The SMILES string of the molecule is CCOC(=O)C1CCN(CC(=O)Nc2ccccc2C(C)(C)C)CC1. The van der Waals surface area contributed by atoms with Crippen LogP contribution in [0.1, 0.15) is 46.1 Å². The minimum absolute atomic E-state index is 0.00807. The Balaban J connectivity index is 1.87. The molecule has 1 aromatic rings. The first-order chi connectivity index (χ1) is 11.8. The molecule has 1 N–H and O–H groups in total. The van der Waals surface area contributed by atoms with Gasteiger partial charge in [-0.1, -0.05) is 39.0 Å². The molecule has 0 bridgehead atoms. The number of carbonyl (C=O) groups is 2. The number of hydrogen-bond acceptors (Lipinski definition) is 4. The average molecular weight is 346 g/mol. The summed E-state index contributed by atoms with van der Waals surface area (Å²) in [6.45, 7) is 10.5. The highest BCUT2D eigenvalue weighted by Crippen LogP contribution is 2.29. The third-order valence-corrected chi connectivity index (χ3v) is 4.58. The minimum Gasteiger partial charge on any atom is -0.466 e. The fraction of sp³-hybridized carbons (Fsp3) is 0.600. The van der Waals surface area contributed by atoms with Gasteiger partial charge in [-0.15, -0.1) is 0 Å². The van der Waals surface area contributed by atoms with Crippen molar-refractivity contribution in [3.05, 3.63) is 29.8 Å². The van der Waals surface area contributed by atoms with Crippen molar-refractivity contribution < 1.29 is 14.3 Å². The number of piperidine rings is 1. The molecule has 138 valence electrons. The fourth-order valence-corrected chi connectivity index (χ4v) is 3.23. The maximum atomic E-state index is 12.4. The molecular formula is C20H30N2O3. The van der Waals surface area contributed by atoms with E-state index in [1.54, 1.807) is 0 Å². The smallest absolute Gasteiger partial charge is 0.309 e. The number of esters is 1. The van der Waals surface area contributed by atoms with Crippen molar-refractivity contribution in [1.82, 2.24) is 4.90 Å². The van der Waals surface area contributed by atoms with Crippen LogP contribution in [0.4, 0.5) is 5.69 Å². The molecule has 0 spiro atoms. The standard InChI is InChI=1S/C20H30N2O3/c1-5-25-19(24)15-10-12-22(13-11-15)14-18(23)21-17-9-7-6-8-16(17)20(2,3)4/h6-9,15H,5,10-14H2,1-4H3,(H,21,23). The zero-order valence-corrected chi connectivity index (χ0v) is 15.8. The molecule has 1 heterocycles. The number of ether oxygens (including phenoxy) is 1. The van der Waals surface area contributed by atoms with Gasteiger partial charge in [0.25, 0.3) is 0 Å². The predicted molar refractivity (Wildman–Crippen MR) is 99.6 cm³/mol.